The molecule has 0 aromatic rings. The molecule has 3 rings (SSSR count). The summed E-state index contributed by atoms with van der Waals surface area (Å²) < 4.78 is 11.3. The number of rotatable bonds is 1. The summed E-state index contributed by atoms with van der Waals surface area (Å²) >= 11 is 0. The molecule has 0 bridgehead atoms. The van der Waals surface area contributed by atoms with Crippen LogP contribution in [0.5, 0.6) is 0 Å². The number of hydrogen-bond acceptors (Lipinski definition) is 5. The summed E-state index contributed by atoms with van der Waals surface area (Å²) in [5, 5.41) is 20.2. The predicted octanol–water partition coefficient (Wildman–Crippen LogP) is 2.58. The largest absolute Gasteiger partial charge is 0.450 e. The molecule has 0 aromatic heterocycles. The van der Waals surface area contributed by atoms with E-state index >= 15 is 0 Å². The van der Waals surface area contributed by atoms with Gasteiger partial charge in [-0.2, -0.15) is 0 Å². The number of ether oxygens (including phenoxy) is 2. The first-order chi connectivity index (χ1) is 11.8. The van der Waals surface area contributed by atoms with E-state index in [1.165, 1.54) is 0 Å². The van der Waals surface area contributed by atoms with Crippen molar-refractivity contribution in [3.63, 3.8) is 0 Å². The van der Waals surface area contributed by atoms with Crippen LogP contribution in [0.25, 0.3) is 0 Å². The third-order valence-corrected chi connectivity index (χ3v) is 5.71. The van der Waals surface area contributed by atoms with E-state index in [0.717, 1.165) is 36.8 Å². The molecule has 3 aliphatic rings. The zero-order chi connectivity index (χ0) is 18.2. The van der Waals surface area contributed by atoms with E-state index < -0.39 is 12.2 Å². The lowest BCUT2D eigenvalue weighted by Gasteiger charge is -2.18. The maximum atomic E-state index is 12.0. The number of epoxide rings is 1. The Morgan fingerprint density at radius 3 is 2.84 bits per heavy atom. The molecule has 0 radical (unpaired) electrons. The average molecular weight is 348 g/mol. The Bertz CT molecular complexity index is 644. The van der Waals surface area contributed by atoms with Crippen molar-refractivity contribution in [3.8, 4) is 0 Å². The number of aliphatic hydroxyl groups excluding tert-OH is 2. The molecule has 4 atom stereocenters. The van der Waals surface area contributed by atoms with Gasteiger partial charge in [0.1, 0.15) is 6.10 Å². The Morgan fingerprint density at radius 2 is 2.12 bits per heavy atom. The SMILES string of the molecule is CC1=C[C@@H]2OC(=O)C(C)=C2CC(O)C(CO)=CCC[C@]2(C)O[C@H]2CC1. The molecule has 0 saturated carbocycles. The van der Waals surface area contributed by atoms with Crippen molar-refractivity contribution in [1.82, 2.24) is 0 Å². The number of aliphatic hydroxyl groups is 2. The summed E-state index contributed by atoms with van der Waals surface area (Å²) in [6.45, 7) is 5.71. The lowest BCUT2D eigenvalue weighted by atomic mass is 9.91. The van der Waals surface area contributed by atoms with Crippen molar-refractivity contribution in [2.45, 2.75) is 76.8 Å². The number of carbonyl (C=O) groups excluding carboxylic acids is 1. The summed E-state index contributed by atoms with van der Waals surface area (Å²) in [5.74, 6) is -0.326. The molecule has 1 unspecified atom stereocenters. The molecular formula is C20H28O5. The molecule has 0 aromatic carbocycles. The van der Waals surface area contributed by atoms with Crippen molar-refractivity contribution < 1.29 is 24.5 Å². The van der Waals surface area contributed by atoms with Gasteiger partial charge in [0.2, 0.25) is 0 Å². The third-order valence-electron chi connectivity index (χ3n) is 5.71. The highest BCUT2D eigenvalue weighted by Crippen LogP contribution is 2.44. The Hall–Kier alpha value is -1.43. The summed E-state index contributed by atoms with van der Waals surface area (Å²) in [4.78, 5) is 12.0. The van der Waals surface area contributed by atoms with E-state index in [0.29, 0.717) is 17.6 Å². The first-order valence-corrected chi connectivity index (χ1v) is 9.07. The number of carbonyl (C=O) groups is 1. The molecule has 2 heterocycles. The van der Waals surface area contributed by atoms with Gasteiger partial charge in [-0.3, -0.25) is 0 Å². The van der Waals surface area contributed by atoms with Gasteiger partial charge in [0.25, 0.3) is 0 Å². The van der Waals surface area contributed by atoms with Crippen LogP contribution >= 0.6 is 0 Å². The summed E-state index contributed by atoms with van der Waals surface area (Å²) in [7, 11) is 0. The number of fused-ring (bicyclic) bond motifs is 2. The Morgan fingerprint density at radius 1 is 1.36 bits per heavy atom. The van der Waals surface area contributed by atoms with Crippen LogP contribution < -0.4 is 0 Å². The lowest BCUT2D eigenvalue weighted by molar-refractivity contribution is -0.138. The van der Waals surface area contributed by atoms with Gasteiger partial charge in [-0.1, -0.05) is 11.6 Å². The van der Waals surface area contributed by atoms with Crippen LogP contribution in [-0.2, 0) is 14.3 Å². The van der Waals surface area contributed by atoms with E-state index in [9.17, 15) is 15.0 Å². The lowest BCUT2D eigenvalue weighted by Crippen LogP contribution is -2.19. The van der Waals surface area contributed by atoms with Gasteiger partial charge in [0.15, 0.2) is 0 Å². The first kappa shape index (κ1) is 18.4. The summed E-state index contributed by atoms with van der Waals surface area (Å²) in [6.07, 6.45) is 6.69. The van der Waals surface area contributed by atoms with Crippen LogP contribution in [0.2, 0.25) is 0 Å². The van der Waals surface area contributed by atoms with Gasteiger partial charge in [0, 0.05) is 12.0 Å². The maximum Gasteiger partial charge on any atom is 0.334 e. The van der Waals surface area contributed by atoms with Crippen molar-refractivity contribution in [2.24, 2.45) is 0 Å². The van der Waals surface area contributed by atoms with Crippen molar-refractivity contribution in [1.29, 1.82) is 0 Å². The van der Waals surface area contributed by atoms with Crippen molar-refractivity contribution in [2.75, 3.05) is 6.61 Å². The summed E-state index contributed by atoms with van der Waals surface area (Å²) in [5.41, 5.74) is 3.02. The molecule has 5 heteroatoms. The molecule has 2 N–H and O–H groups in total. The minimum absolute atomic E-state index is 0.103. The highest BCUT2D eigenvalue weighted by Gasteiger charge is 2.50. The van der Waals surface area contributed by atoms with Gasteiger partial charge in [-0.15, -0.1) is 0 Å². The Labute approximate surface area is 149 Å². The molecule has 2 aliphatic heterocycles. The molecule has 138 valence electrons. The Balaban J connectivity index is 1.88. The standard InChI is InChI=1S/C20H28O5/c1-12-6-7-18-20(3,25-18)8-4-5-14(11-21)16(22)10-15-13(2)19(23)24-17(15)9-12/h5,9,16-18,21-22H,4,6-8,10-11H2,1-3H3/t16?,17-,18-,20-/m0/s1. The van der Waals surface area contributed by atoms with Crippen LogP contribution in [0.15, 0.2) is 34.4 Å². The predicted molar refractivity (Wildman–Crippen MR) is 93.9 cm³/mol. The molecule has 5 nitrogen and oxygen atoms in total. The quantitative estimate of drug-likeness (QED) is 0.432. The van der Waals surface area contributed by atoms with E-state index in [-0.39, 0.29) is 24.3 Å². The highest BCUT2D eigenvalue weighted by molar-refractivity contribution is 5.92. The number of hydrogen-bond donors (Lipinski definition) is 2. The second-order valence-corrected chi connectivity index (χ2v) is 7.64. The average Bonchev–Trinajstić information content (AvgIpc) is 3.15. The third kappa shape index (κ3) is 3.89. The molecule has 1 aliphatic carbocycles. The zero-order valence-corrected chi connectivity index (χ0v) is 15.2. The molecule has 0 amide bonds. The summed E-state index contributed by atoms with van der Waals surface area (Å²) in [6, 6.07) is 0. The van der Waals surface area contributed by atoms with E-state index in [1.54, 1.807) is 6.92 Å². The van der Waals surface area contributed by atoms with Crippen LogP contribution in [-0.4, -0.2) is 46.7 Å². The second-order valence-electron chi connectivity index (χ2n) is 7.64. The molecular weight excluding hydrogens is 320 g/mol. The topological polar surface area (TPSA) is 79.3 Å². The number of allylic oxidation sites excluding steroid dienone is 2. The van der Waals surface area contributed by atoms with E-state index in [2.05, 4.69) is 6.92 Å². The fraction of sp³-hybridized carbons (Fsp3) is 0.650. The zero-order valence-electron chi connectivity index (χ0n) is 15.2. The van der Waals surface area contributed by atoms with Crippen LogP contribution in [0.1, 0.15) is 52.9 Å². The minimum Gasteiger partial charge on any atom is -0.450 e. The normalized spacial score (nSPS) is 36.7. The molecule has 1 saturated heterocycles. The van der Waals surface area contributed by atoms with Crippen LogP contribution in [0.3, 0.4) is 0 Å². The van der Waals surface area contributed by atoms with Gasteiger partial charge in [-0.25, -0.2) is 4.79 Å². The van der Waals surface area contributed by atoms with Gasteiger partial charge >= 0.3 is 5.97 Å². The monoisotopic (exact) mass is 348 g/mol. The second kappa shape index (κ2) is 7.06. The van der Waals surface area contributed by atoms with Gasteiger partial charge in [0.05, 0.1) is 24.4 Å². The van der Waals surface area contributed by atoms with Gasteiger partial charge < -0.3 is 19.7 Å². The fourth-order valence-corrected chi connectivity index (χ4v) is 3.79. The van der Waals surface area contributed by atoms with E-state index in [4.69, 9.17) is 9.47 Å². The first-order valence-electron chi connectivity index (χ1n) is 9.07. The van der Waals surface area contributed by atoms with Crippen molar-refractivity contribution in [3.05, 3.63) is 34.4 Å². The fourth-order valence-electron chi connectivity index (χ4n) is 3.79. The maximum absolute atomic E-state index is 12.0. The minimum atomic E-state index is -0.813. The van der Waals surface area contributed by atoms with Crippen molar-refractivity contribution >= 4 is 5.97 Å². The number of esters is 1. The van der Waals surface area contributed by atoms with Crippen LogP contribution in [0, 0.1) is 0 Å². The highest BCUT2D eigenvalue weighted by atomic mass is 16.6. The molecule has 0 spiro atoms. The van der Waals surface area contributed by atoms with Crippen LogP contribution in [0.4, 0.5) is 0 Å². The van der Waals surface area contributed by atoms with Gasteiger partial charge in [-0.05, 0) is 63.7 Å². The Kier molecular flexibility index (Phi) is 5.19. The smallest absolute Gasteiger partial charge is 0.334 e. The van der Waals surface area contributed by atoms with E-state index in [1.807, 2.05) is 19.1 Å². The molecule has 1 fully saturated rings. The molecule has 25 heavy (non-hydrogen) atoms.